The topological polar surface area (TPSA) is 63.7 Å². The average Bonchev–Trinajstić information content (AvgIpc) is 3.21. The Hall–Kier alpha value is -1.90. The monoisotopic (exact) mass is 316 g/mol. The predicted molar refractivity (Wildman–Crippen MR) is 82.1 cm³/mol. The van der Waals surface area contributed by atoms with Crippen molar-refractivity contribution in [2.75, 3.05) is 0 Å². The summed E-state index contributed by atoms with van der Waals surface area (Å²) in [6.07, 6.45) is 7.34. The van der Waals surface area contributed by atoms with E-state index >= 15 is 0 Å². The van der Waals surface area contributed by atoms with E-state index < -0.39 is 5.60 Å². The van der Waals surface area contributed by atoms with E-state index in [1.54, 1.807) is 17.1 Å². The first-order chi connectivity index (χ1) is 10.7. The van der Waals surface area contributed by atoms with Gasteiger partial charge in [0.1, 0.15) is 18.7 Å². The second-order valence-corrected chi connectivity index (χ2v) is 5.94. The van der Waals surface area contributed by atoms with Crippen molar-refractivity contribution < 1.29 is 4.74 Å². The maximum absolute atomic E-state index is 9.92. The summed E-state index contributed by atoms with van der Waals surface area (Å²) in [6.45, 7) is 0.268. The van der Waals surface area contributed by atoms with E-state index in [9.17, 15) is 5.26 Å². The van der Waals surface area contributed by atoms with E-state index in [1.165, 1.54) is 6.33 Å². The average molecular weight is 317 g/mol. The van der Waals surface area contributed by atoms with Crippen LogP contribution in [-0.2, 0) is 16.9 Å². The highest BCUT2D eigenvalue weighted by Gasteiger charge is 2.39. The van der Waals surface area contributed by atoms with Crippen molar-refractivity contribution in [3.63, 3.8) is 0 Å². The van der Waals surface area contributed by atoms with Crippen molar-refractivity contribution in [2.45, 2.75) is 43.9 Å². The molecule has 0 aliphatic heterocycles. The third-order valence-corrected chi connectivity index (χ3v) is 4.34. The van der Waals surface area contributed by atoms with E-state index in [0.29, 0.717) is 10.6 Å². The van der Waals surface area contributed by atoms with Crippen molar-refractivity contribution in [1.29, 1.82) is 5.26 Å². The van der Waals surface area contributed by atoms with E-state index in [0.717, 1.165) is 25.7 Å². The predicted octanol–water partition coefficient (Wildman–Crippen LogP) is 3.31. The molecule has 0 radical (unpaired) electrons. The van der Waals surface area contributed by atoms with Crippen LogP contribution in [0, 0.1) is 11.3 Å². The number of halogens is 1. The number of rotatable bonds is 5. The summed E-state index contributed by atoms with van der Waals surface area (Å²) < 4.78 is 7.87. The minimum atomic E-state index is -1.15. The summed E-state index contributed by atoms with van der Waals surface area (Å²) in [6, 6.07) is 9.68. The van der Waals surface area contributed by atoms with Crippen LogP contribution in [0.3, 0.4) is 0 Å². The van der Waals surface area contributed by atoms with Crippen LogP contribution in [0.1, 0.15) is 31.2 Å². The van der Waals surface area contributed by atoms with E-state index in [-0.39, 0.29) is 12.6 Å². The maximum Gasteiger partial charge on any atom is 0.200 e. The van der Waals surface area contributed by atoms with Gasteiger partial charge in [-0.15, -0.1) is 0 Å². The molecule has 22 heavy (non-hydrogen) atoms. The fourth-order valence-corrected chi connectivity index (χ4v) is 3.22. The fourth-order valence-electron chi connectivity index (χ4n) is 2.93. The van der Waals surface area contributed by atoms with Gasteiger partial charge in [0.2, 0.25) is 5.60 Å². The van der Waals surface area contributed by atoms with Gasteiger partial charge in [-0.2, -0.15) is 10.4 Å². The molecule has 1 saturated carbocycles. The molecule has 0 amide bonds. The Bertz CT molecular complexity index is 661. The molecule has 1 atom stereocenters. The lowest BCUT2D eigenvalue weighted by atomic mass is 9.94. The zero-order chi connectivity index (χ0) is 15.4. The van der Waals surface area contributed by atoms with Gasteiger partial charge in [0.15, 0.2) is 0 Å². The van der Waals surface area contributed by atoms with Crippen molar-refractivity contribution in [2.24, 2.45) is 0 Å². The Kier molecular flexibility index (Phi) is 4.41. The third kappa shape index (κ3) is 2.99. The molecular formula is C16H17ClN4O. The Balaban J connectivity index is 1.99. The highest BCUT2D eigenvalue weighted by atomic mass is 35.5. The lowest BCUT2D eigenvalue weighted by Gasteiger charge is -2.31. The van der Waals surface area contributed by atoms with E-state index in [1.807, 2.05) is 18.2 Å². The first kappa shape index (κ1) is 15.0. The Morgan fingerprint density at radius 3 is 2.77 bits per heavy atom. The zero-order valence-electron chi connectivity index (χ0n) is 12.2. The summed E-state index contributed by atoms with van der Waals surface area (Å²) in [5, 5.41) is 14.6. The number of hydrogen-bond donors (Lipinski definition) is 0. The molecule has 1 aromatic heterocycles. The molecule has 0 saturated heterocycles. The van der Waals surface area contributed by atoms with Crippen molar-refractivity contribution in [1.82, 2.24) is 14.8 Å². The molecule has 6 heteroatoms. The van der Waals surface area contributed by atoms with Gasteiger partial charge in [-0.05, 0) is 18.9 Å². The molecule has 1 unspecified atom stereocenters. The normalized spacial score (nSPS) is 18.0. The van der Waals surface area contributed by atoms with Gasteiger partial charge in [0.05, 0.1) is 12.6 Å². The van der Waals surface area contributed by atoms with E-state index in [4.69, 9.17) is 16.3 Å². The van der Waals surface area contributed by atoms with Crippen LogP contribution in [0.5, 0.6) is 0 Å². The molecule has 1 fully saturated rings. The quantitative estimate of drug-likeness (QED) is 0.849. The molecule has 1 aromatic carbocycles. The number of aromatic nitrogens is 3. The Labute approximate surface area is 134 Å². The lowest BCUT2D eigenvalue weighted by molar-refractivity contribution is -0.0708. The van der Waals surface area contributed by atoms with Crippen molar-refractivity contribution >= 4 is 11.6 Å². The smallest absolute Gasteiger partial charge is 0.200 e. The van der Waals surface area contributed by atoms with Crippen LogP contribution in [0.4, 0.5) is 0 Å². The standard InChI is InChI=1S/C16H17ClN4O/c17-15-8-4-3-7-14(15)16(9-18,10-21-12-19-11-20-21)22-13-5-1-2-6-13/h3-4,7-8,11-13H,1-2,5-6,10H2. The highest BCUT2D eigenvalue weighted by molar-refractivity contribution is 6.31. The van der Waals surface area contributed by atoms with Gasteiger partial charge in [0.25, 0.3) is 0 Å². The van der Waals surface area contributed by atoms with Gasteiger partial charge in [-0.3, -0.25) is 0 Å². The first-order valence-electron chi connectivity index (χ1n) is 7.40. The molecule has 0 spiro atoms. The number of ether oxygens (including phenoxy) is 1. The van der Waals surface area contributed by atoms with E-state index in [2.05, 4.69) is 16.2 Å². The molecule has 2 aromatic rings. The first-order valence-corrected chi connectivity index (χ1v) is 7.78. The molecule has 0 N–H and O–H groups in total. The number of nitriles is 1. The summed E-state index contributed by atoms with van der Waals surface area (Å²) >= 11 is 6.34. The van der Waals surface area contributed by atoms with Gasteiger partial charge >= 0.3 is 0 Å². The number of hydrogen-bond acceptors (Lipinski definition) is 4. The highest BCUT2D eigenvalue weighted by Crippen LogP contribution is 2.36. The minimum Gasteiger partial charge on any atom is -0.351 e. The molecule has 114 valence electrons. The van der Waals surface area contributed by atoms with Crippen LogP contribution in [-0.4, -0.2) is 20.9 Å². The van der Waals surface area contributed by atoms with Crippen molar-refractivity contribution in [3.8, 4) is 6.07 Å². The number of benzene rings is 1. The minimum absolute atomic E-state index is 0.0828. The summed E-state index contributed by atoms with van der Waals surface area (Å²) in [5.74, 6) is 0. The van der Waals surface area contributed by atoms with Crippen LogP contribution in [0.15, 0.2) is 36.9 Å². The van der Waals surface area contributed by atoms with Crippen molar-refractivity contribution in [3.05, 3.63) is 47.5 Å². The van der Waals surface area contributed by atoms with Crippen LogP contribution in [0.25, 0.3) is 0 Å². The molecule has 1 heterocycles. The van der Waals surface area contributed by atoms with Gasteiger partial charge in [0, 0.05) is 10.6 Å². The second-order valence-electron chi connectivity index (χ2n) is 5.54. The summed E-state index contributed by atoms with van der Waals surface area (Å²) in [5.41, 5.74) is -0.470. The lowest BCUT2D eigenvalue weighted by Crippen LogP contribution is -2.37. The molecule has 3 rings (SSSR count). The molecular weight excluding hydrogens is 300 g/mol. The molecule has 5 nitrogen and oxygen atoms in total. The van der Waals surface area contributed by atoms with Crippen LogP contribution >= 0.6 is 11.6 Å². The van der Waals surface area contributed by atoms with Crippen LogP contribution in [0.2, 0.25) is 5.02 Å². The Morgan fingerprint density at radius 2 is 2.14 bits per heavy atom. The Morgan fingerprint density at radius 1 is 1.36 bits per heavy atom. The fraction of sp³-hybridized carbons (Fsp3) is 0.438. The second kappa shape index (κ2) is 6.47. The summed E-state index contributed by atoms with van der Waals surface area (Å²) in [7, 11) is 0. The van der Waals surface area contributed by atoms with Gasteiger partial charge in [-0.25, -0.2) is 9.67 Å². The SMILES string of the molecule is N#CC(Cn1cncn1)(OC1CCCC1)c1ccccc1Cl. The van der Waals surface area contributed by atoms with Gasteiger partial charge in [-0.1, -0.05) is 42.6 Å². The zero-order valence-corrected chi connectivity index (χ0v) is 12.9. The van der Waals surface area contributed by atoms with Crippen LogP contribution < -0.4 is 0 Å². The molecule has 1 aliphatic carbocycles. The molecule has 0 bridgehead atoms. The van der Waals surface area contributed by atoms with Gasteiger partial charge < -0.3 is 4.74 Å². The largest absolute Gasteiger partial charge is 0.351 e. The molecule has 1 aliphatic rings. The summed E-state index contributed by atoms with van der Waals surface area (Å²) in [4.78, 5) is 3.94. The number of nitrogens with zero attached hydrogens (tertiary/aromatic N) is 4. The maximum atomic E-state index is 9.92. The third-order valence-electron chi connectivity index (χ3n) is 4.01.